The van der Waals surface area contributed by atoms with Gasteiger partial charge in [0.25, 0.3) is 5.91 Å². The highest BCUT2D eigenvalue weighted by molar-refractivity contribution is 7.17. The Hall–Kier alpha value is -3.12. The van der Waals surface area contributed by atoms with Crippen LogP contribution in [0.5, 0.6) is 0 Å². The van der Waals surface area contributed by atoms with Gasteiger partial charge in [-0.15, -0.1) is 11.3 Å². The summed E-state index contributed by atoms with van der Waals surface area (Å²) >= 11 is 1.55. The number of aryl methyl sites for hydroxylation is 1. The van der Waals surface area contributed by atoms with Crippen molar-refractivity contribution in [1.29, 1.82) is 0 Å². The molecule has 5 atom stereocenters. The molecule has 3 aliphatic carbocycles. The van der Waals surface area contributed by atoms with Gasteiger partial charge in [-0.2, -0.15) is 0 Å². The predicted octanol–water partition coefficient (Wildman–Crippen LogP) is 7.35. The Morgan fingerprint density at radius 3 is 2.71 bits per heavy atom. The van der Waals surface area contributed by atoms with Gasteiger partial charge in [0.15, 0.2) is 0 Å². The van der Waals surface area contributed by atoms with Crippen molar-refractivity contribution in [2.45, 2.75) is 63.8 Å². The molecule has 0 saturated heterocycles. The zero-order chi connectivity index (χ0) is 25.8. The van der Waals surface area contributed by atoms with E-state index < -0.39 is 0 Å². The van der Waals surface area contributed by atoms with Crippen LogP contribution in [0.3, 0.4) is 0 Å². The number of carbonyl (C=O) groups excluding carboxylic acids is 2. The van der Waals surface area contributed by atoms with Crippen LogP contribution in [0.1, 0.15) is 93.3 Å². The number of esters is 1. The van der Waals surface area contributed by atoms with E-state index in [0.29, 0.717) is 46.5 Å². The van der Waals surface area contributed by atoms with E-state index in [1.54, 1.807) is 11.3 Å². The summed E-state index contributed by atoms with van der Waals surface area (Å²) in [6.07, 6.45) is 7.90. The fraction of sp³-hybridized carbons (Fsp3) is 0.438. The van der Waals surface area contributed by atoms with Crippen LogP contribution < -0.4 is 10.6 Å². The molecule has 196 valence electrons. The molecular weight excluding hydrogens is 492 g/mol. The molecule has 2 bridgehead atoms. The highest BCUT2D eigenvalue weighted by Crippen LogP contribution is 2.63. The molecule has 0 radical (unpaired) electrons. The van der Waals surface area contributed by atoms with Crippen LogP contribution in [0.15, 0.2) is 48.5 Å². The van der Waals surface area contributed by atoms with E-state index >= 15 is 0 Å². The van der Waals surface area contributed by atoms with Gasteiger partial charge in [-0.25, -0.2) is 4.79 Å². The van der Waals surface area contributed by atoms with Gasteiger partial charge >= 0.3 is 5.97 Å². The van der Waals surface area contributed by atoms with Crippen molar-refractivity contribution in [2.75, 3.05) is 17.2 Å². The van der Waals surface area contributed by atoms with E-state index in [2.05, 4.69) is 53.1 Å². The zero-order valence-electron chi connectivity index (χ0n) is 21.8. The summed E-state index contributed by atoms with van der Waals surface area (Å²) in [5, 5.41) is 7.62. The van der Waals surface area contributed by atoms with Crippen molar-refractivity contribution < 1.29 is 14.3 Å². The lowest BCUT2D eigenvalue weighted by atomic mass is 9.68. The first-order valence-corrected chi connectivity index (χ1v) is 15.0. The van der Waals surface area contributed by atoms with E-state index in [-0.39, 0.29) is 11.9 Å². The summed E-state index contributed by atoms with van der Waals surface area (Å²) in [7, 11) is 0. The molecule has 0 spiro atoms. The molecule has 6 heteroatoms. The number of fused-ring (bicyclic) bond motifs is 8. The van der Waals surface area contributed by atoms with Gasteiger partial charge in [0, 0.05) is 16.1 Å². The van der Waals surface area contributed by atoms with Crippen molar-refractivity contribution in [1.82, 2.24) is 0 Å². The van der Waals surface area contributed by atoms with Gasteiger partial charge in [0.1, 0.15) is 5.00 Å². The molecule has 5 nitrogen and oxygen atoms in total. The van der Waals surface area contributed by atoms with Crippen molar-refractivity contribution in [2.24, 2.45) is 17.8 Å². The first-order chi connectivity index (χ1) is 18.6. The summed E-state index contributed by atoms with van der Waals surface area (Å²) in [4.78, 5) is 27.7. The van der Waals surface area contributed by atoms with Gasteiger partial charge in [0.05, 0.1) is 18.2 Å². The number of amides is 1. The van der Waals surface area contributed by atoms with Crippen LogP contribution in [0.25, 0.3) is 0 Å². The summed E-state index contributed by atoms with van der Waals surface area (Å²) in [6, 6.07) is 17.3. The number of benzene rings is 2. The number of nitrogens with one attached hydrogen (secondary N) is 2. The predicted molar refractivity (Wildman–Crippen MR) is 151 cm³/mol. The lowest BCUT2D eigenvalue weighted by Crippen LogP contribution is -2.35. The highest BCUT2D eigenvalue weighted by Gasteiger charge is 2.53. The summed E-state index contributed by atoms with van der Waals surface area (Å²) in [5.74, 6) is 1.98. The Labute approximate surface area is 228 Å². The topological polar surface area (TPSA) is 67.4 Å². The molecule has 2 fully saturated rings. The highest BCUT2D eigenvalue weighted by atomic mass is 32.1. The summed E-state index contributed by atoms with van der Waals surface area (Å²) in [6.45, 7) is 2.14. The van der Waals surface area contributed by atoms with E-state index in [4.69, 9.17) is 4.74 Å². The second kappa shape index (κ2) is 9.57. The maximum absolute atomic E-state index is 13.6. The first-order valence-electron chi connectivity index (χ1n) is 14.2. The number of carbonyl (C=O) groups is 2. The van der Waals surface area contributed by atoms with Crippen LogP contribution in [-0.2, 0) is 17.6 Å². The second-order valence-electron chi connectivity index (χ2n) is 11.4. The van der Waals surface area contributed by atoms with Crippen molar-refractivity contribution in [3.63, 3.8) is 0 Å². The second-order valence-corrected chi connectivity index (χ2v) is 12.5. The molecule has 38 heavy (non-hydrogen) atoms. The molecule has 1 aromatic heterocycles. The quantitative estimate of drug-likeness (QED) is 0.341. The van der Waals surface area contributed by atoms with Crippen molar-refractivity contribution >= 4 is 33.9 Å². The lowest BCUT2D eigenvalue weighted by Gasteiger charge is -2.43. The van der Waals surface area contributed by atoms with Gasteiger partial charge in [0.2, 0.25) is 0 Å². The standard InChI is InChI=1S/C32H34N2O3S/c1-2-37-32(36)28-22-10-6-7-11-25(22)38-31(28)34-30(35)21-14-15-24-23(17-21)26-19-12-13-20(16-19)27(26)29(33-24)18-8-4-3-5-9-18/h3-5,8-9,14-15,17,19-20,26-27,29,33H,2,6-7,10-13,16H2,1H3,(H,34,35)/t19-,20-,26-,27-,29+/m0/s1. The molecule has 3 aromatic rings. The molecular formula is C32H34N2O3S. The van der Waals surface area contributed by atoms with Crippen LogP contribution in [0, 0.1) is 17.8 Å². The number of hydrogen-bond donors (Lipinski definition) is 2. The van der Waals surface area contributed by atoms with Gasteiger partial charge < -0.3 is 15.4 Å². The molecule has 2 aromatic carbocycles. The Kier molecular flexibility index (Phi) is 6.03. The Balaban J connectivity index is 1.21. The fourth-order valence-electron chi connectivity index (χ4n) is 7.87. The van der Waals surface area contributed by atoms with E-state index in [1.165, 1.54) is 35.3 Å². The van der Waals surface area contributed by atoms with Gasteiger partial charge in [-0.3, -0.25) is 4.79 Å². The summed E-state index contributed by atoms with van der Waals surface area (Å²) < 4.78 is 5.38. The Morgan fingerprint density at radius 2 is 1.87 bits per heavy atom. The molecule has 1 aliphatic heterocycles. The lowest BCUT2D eigenvalue weighted by molar-refractivity contribution is 0.0526. The van der Waals surface area contributed by atoms with Crippen LogP contribution in [-0.4, -0.2) is 18.5 Å². The Bertz CT molecular complexity index is 1400. The average Bonchev–Trinajstić information content (AvgIpc) is 3.66. The minimum Gasteiger partial charge on any atom is -0.462 e. The van der Waals surface area contributed by atoms with Gasteiger partial charge in [-0.1, -0.05) is 30.3 Å². The molecule has 4 aliphatic rings. The smallest absolute Gasteiger partial charge is 0.341 e. The maximum atomic E-state index is 13.6. The average molecular weight is 527 g/mol. The summed E-state index contributed by atoms with van der Waals surface area (Å²) in [5.41, 5.74) is 6.10. The maximum Gasteiger partial charge on any atom is 0.341 e. The molecule has 2 heterocycles. The number of rotatable bonds is 5. The monoisotopic (exact) mass is 526 g/mol. The number of hydrogen-bond acceptors (Lipinski definition) is 5. The third kappa shape index (κ3) is 3.87. The number of thiophene rings is 1. The van der Waals surface area contributed by atoms with E-state index in [0.717, 1.165) is 42.9 Å². The first kappa shape index (κ1) is 24.0. The Morgan fingerprint density at radius 1 is 1.05 bits per heavy atom. The molecule has 0 unspecified atom stereocenters. The van der Waals surface area contributed by atoms with Crippen LogP contribution in [0.4, 0.5) is 10.7 Å². The number of ether oxygens (including phenoxy) is 1. The van der Waals surface area contributed by atoms with E-state index in [9.17, 15) is 9.59 Å². The third-order valence-electron chi connectivity index (χ3n) is 9.39. The normalized spacial score (nSPS) is 26.6. The fourth-order valence-corrected chi connectivity index (χ4v) is 9.14. The zero-order valence-corrected chi connectivity index (χ0v) is 22.6. The van der Waals surface area contributed by atoms with Crippen molar-refractivity contribution in [3.05, 3.63) is 81.2 Å². The largest absolute Gasteiger partial charge is 0.462 e. The van der Waals surface area contributed by atoms with Crippen molar-refractivity contribution in [3.8, 4) is 0 Å². The van der Waals surface area contributed by atoms with E-state index in [1.807, 2.05) is 13.0 Å². The minimum atomic E-state index is -0.325. The molecule has 2 saturated carbocycles. The third-order valence-corrected chi connectivity index (χ3v) is 10.6. The molecule has 1 amide bonds. The van der Waals surface area contributed by atoms with Crippen LogP contribution in [0.2, 0.25) is 0 Å². The van der Waals surface area contributed by atoms with Gasteiger partial charge in [-0.05, 0) is 110 Å². The SMILES string of the molecule is CCOC(=O)c1c(NC(=O)c2ccc3c(c2)[C@@H]2[C@H]4CC[C@@H](C4)[C@@H]2[C@@H](c2ccccc2)N3)sc2c1CCCC2. The minimum absolute atomic E-state index is 0.151. The molecule has 2 N–H and O–H groups in total. The number of anilines is 2. The van der Waals surface area contributed by atoms with Crippen LogP contribution >= 0.6 is 11.3 Å². The molecule has 7 rings (SSSR count).